The highest BCUT2D eigenvalue weighted by Gasteiger charge is 2.37. The molecule has 0 saturated carbocycles. The first-order valence-corrected chi connectivity index (χ1v) is 9.99. The Balaban J connectivity index is 1.99. The van der Waals surface area contributed by atoms with Gasteiger partial charge in [-0.15, -0.1) is 0 Å². The van der Waals surface area contributed by atoms with Crippen LogP contribution >= 0.6 is 0 Å². The van der Waals surface area contributed by atoms with Gasteiger partial charge in [0.2, 0.25) is 5.91 Å². The Kier molecular flexibility index (Phi) is 7.13. The summed E-state index contributed by atoms with van der Waals surface area (Å²) >= 11 is 0. The van der Waals surface area contributed by atoms with Crippen molar-refractivity contribution in [3.8, 4) is 11.3 Å². The number of hydrogen-bond donors (Lipinski definition) is 1. The summed E-state index contributed by atoms with van der Waals surface area (Å²) in [5.41, 5.74) is 2.41. The Labute approximate surface area is 195 Å². The number of hydrogen-bond acceptors (Lipinski definition) is 4. The third kappa shape index (κ3) is 6.34. The summed E-state index contributed by atoms with van der Waals surface area (Å²) in [6.07, 6.45) is -9.18. The number of nitrogens with zero attached hydrogens (tertiary/aromatic N) is 3. The number of benzene rings is 2. The SMILES string of the molecule is CN(Cc1cc(C(F)(F)F)cc(C(F)(F)F)c1)C(=O)c1cnc(CC(N)=O)nc1-c1ccccc1. The largest absolute Gasteiger partial charge is 0.416 e. The van der Waals surface area contributed by atoms with Gasteiger partial charge in [0.1, 0.15) is 5.82 Å². The van der Waals surface area contributed by atoms with Crippen LogP contribution in [0.3, 0.4) is 0 Å². The van der Waals surface area contributed by atoms with Crippen molar-refractivity contribution in [2.75, 3.05) is 7.05 Å². The van der Waals surface area contributed by atoms with E-state index in [1.807, 2.05) is 0 Å². The molecule has 0 radical (unpaired) electrons. The number of amides is 2. The molecule has 0 spiro atoms. The van der Waals surface area contributed by atoms with Gasteiger partial charge in [0.25, 0.3) is 5.91 Å². The van der Waals surface area contributed by atoms with Crippen molar-refractivity contribution in [3.05, 3.63) is 82.8 Å². The second kappa shape index (κ2) is 9.72. The van der Waals surface area contributed by atoms with Gasteiger partial charge in [-0.1, -0.05) is 30.3 Å². The maximum Gasteiger partial charge on any atom is 0.416 e. The first-order chi connectivity index (χ1) is 16.3. The molecule has 1 heterocycles. The van der Waals surface area contributed by atoms with Crippen molar-refractivity contribution in [2.24, 2.45) is 5.73 Å². The minimum absolute atomic E-state index is 0.0180. The maximum absolute atomic E-state index is 13.2. The van der Waals surface area contributed by atoms with Crippen molar-refractivity contribution in [3.63, 3.8) is 0 Å². The van der Waals surface area contributed by atoms with E-state index in [-0.39, 0.29) is 35.1 Å². The lowest BCUT2D eigenvalue weighted by atomic mass is 10.0. The average Bonchev–Trinajstić information content (AvgIpc) is 2.77. The van der Waals surface area contributed by atoms with Gasteiger partial charge in [0, 0.05) is 25.4 Å². The predicted octanol–water partition coefficient (Wildman–Crippen LogP) is 4.48. The van der Waals surface area contributed by atoms with Gasteiger partial charge in [-0.2, -0.15) is 26.3 Å². The first-order valence-electron chi connectivity index (χ1n) is 9.99. The molecule has 12 heteroatoms. The molecule has 2 N–H and O–H groups in total. The molecule has 0 unspecified atom stereocenters. The Morgan fingerprint density at radius 2 is 1.51 bits per heavy atom. The van der Waals surface area contributed by atoms with E-state index in [1.165, 1.54) is 7.05 Å². The van der Waals surface area contributed by atoms with Crippen LogP contribution in [0.4, 0.5) is 26.3 Å². The third-order valence-electron chi connectivity index (χ3n) is 4.86. The van der Waals surface area contributed by atoms with Crippen LogP contribution < -0.4 is 5.73 Å². The Morgan fingerprint density at radius 3 is 2.03 bits per heavy atom. The molecule has 2 aromatic carbocycles. The zero-order chi connectivity index (χ0) is 26.0. The molecular formula is C23H18F6N4O2. The van der Waals surface area contributed by atoms with E-state index in [2.05, 4.69) is 9.97 Å². The zero-order valence-corrected chi connectivity index (χ0v) is 18.1. The van der Waals surface area contributed by atoms with Crippen molar-refractivity contribution >= 4 is 11.8 Å². The van der Waals surface area contributed by atoms with Crippen molar-refractivity contribution in [1.82, 2.24) is 14.9 Å². The number of nitrogens with two attached hydrogens (primary N) is 1. The Hall–Kier alpha value is -3.96. The van der Waals surface area contributed by atoms with Gasteiger partial charge in [-0.05, 0) is 23.8 Å². The van der Waals surface area contributed by atoms with Gasteiger partial charge < -0.3 is 10.6 Å². The van der Waals surface area contributed by atoms with Crippen molar-refractivity contribution < 1.29 is 35.9 Å². The molecule has 0 atom stereocenters. The lowest BCUT2D eigenvalue weighted by molar-refractivity contribution is -0.143. The Bertz CT molecular complexity index is 1210. The molecule has 1 aromatic heterocycles. The fourth-order valence-electron chi connectivity index (χ4n) is 3.29. The molecule has 3 rings (SSSR count). The smallest absolute Gasteiger partial charge is 0.369 e. The van der Waals surface area contributed by atoms with Crippen LogP contribution in [0.25, 0.3) is 11.3 Å². The molecule has 35 heavy (non-hydrogen) atoms. The second-order valence-electron chi connectivity index (χ2n) is 7.63. The summed E-state index contributed by atoms with van der Waals surface area (Å²) in [4.78, 5) is 33.5. The van der Waals surface area contributed by atoms with E-state index < -0.39 is 41.8 Å². The molecule has 0 saturated heterocycles. The van der Waals surface area contributed by atoms with E-state index in [0.29, 0.717) is 17.7 Å². The maximum atomic E-state index is 13.2. The van der Waals surface area contributed by atoms with E-state index in [4.69, 9.17) is 5.73 Å². The van der Waals surface area contributed by atoms with Crippen LogP contribution in [0.5, 0.6) is 0 Å². The minimum atomic E-state index is -5.01. The number of carbonyl (C=O) groups is 2. The minimum Gasteiger partial charge on any atom is -0.369 e. The number of carbonyl (C=O) groups excluding carboxylic acids is 2. The van der Waals surface area contributed by atoms with Gasteiger partial charge in [-0.3, -0.25) is 9.59 Å². The highest BCUT2D eigenvalue weighted by Crippen LogP contribution is 2.36. The van der Waals surface area contributed by atoms with Gasteiger partial charge in [0.05, 0.1) is 28.8 Å². The second-order valence-corrected chi connectivity index (χ2v) is 7.63. The summed E-state index contributed by atoms with van der Waals surface area (Å²) in [5.74, 6) is -1.41. The standard InChI is InChI=1S/C23H18F6N4O2/c1-33(12-13-7-15(22(24,25)26)9-16(8-13)23(27,28)29)21(35)17-11-31-19(10-18(30)34)32-20(17)14-5-3-2-4-6-14/h2-9,11H,10,12H2,1H3,(H2,30,34). The lowest BCUT2D eigenvalue weighted by Gasteiger charge is -2.21. The van der Waals surface area contributed by atoms with Crippen LogP contribution in [-0.2, 0) is 30.1 Å². The molecular weight excluding hydrogens is 478 g/mol. The fourth-order valence-corrected chi connectivity index (χ4v) is 3.29. The summed E-state index contributed by atoms with van der Waals surface area (Å²) < 4.78 is 79.0. The van der Waals surface area contributed by atoms with E-state index in [1.54, 1.807) is 30.3 Å². The molecule has 0 aliphatic rings. The third-order valence-corrected chi connectivity index (χ3v) is 4.86. The molecule has 0 bridgehead atoms. The lowest BCUT2D eigenvalue weighted by Crippen LogP contribution is -2.28. The monoisotopic (exact) mass is 496 g/mol. The Morgan fingerprint density at radius 1 is 0.943 bits per heavy atom. The molecule has 0 fully saturated rings. The zero-order valence-electron chi connectivity index (χ0n) is 18.1. The summed E-state index contributed by atoms with van der Waals surface area (Å²) in [6, 6.07) is 9.46. The fraction of sp³-hybridized carbons (Fsp3) is 0.217. The van der Waals surface area contributed by atoms with Gasteiger partial charge >= 0.3 is 12.4 Å². The quantitative estimate of drug-likeness (QED) is 0.510. The van der Waals surface area contributed by atoms with Crippen molar-refractivity contribution in [2.45, 2.75) is 25.3 Å². The molecule has 2 amide bonds. The topological polar surface area (TPSA) is 89.2 Å². The normalized spacial score (nSPS) is 11.9. The predicted molar refractivity (Wildman–Crippen MR) is 113 cm³/mol. The summed E-state index contributed by atoms with van der Waals surface area (Å²) in [6.45, 7) is -0.552. The van der Waals surface area contributed by atoms with Crippen LogP contribution in [0.15, 0.2) is 54.7 Å². The van der Waals surface area contributed by atoms with Crippen molar-refractivity contribution in [1.29, 1.82) is 0 Å². The number of rotatable bonds is 6. The number of primary amides is 1. The molecule has 0 aliphatic carbocycles. The van der Waals surface area contributed by atoms with E-state index in [0.717, 1.165) is 11.1 Å². The van der Waals surface area contributed by atoms with E-state index in [9.17, 15) is 35.9 Å². The van der Waals surface area contributed by atoms with Crippen LogP contribution in [0.1, 0.15) is 32.9 Å². The molecule has 0 aliphatic heterocycles. The van der Waals surface area contributed by atoms with Gasteiger partial charge in [0.15, 0.2) is 0 Å². The van der Waals surface area contributed by atoms with Crippen LogP contribution in [-0.4, -0.2) is 33.7 Å². The number of aromatic nitrogens is 2. The highest BCUT2D eigenvalue weighted by atomic mass is 19.4. The summed E-state index contributed by atoms with van der Waals surface area (Å²) in [7, 11) is 1.22. The number of halogens is 6. The van der Waals surface area contributed by atoms with E-state index >= 15 is 0 Å². The van der Waals surface area contributed by atoms with Gasteiger partial charge in [-0.25, -0.2) is 9.97 Å². The van der Waals surface area contributed by atoms with Crippen LogP contribution in [0, 0.1) is 0 Å². The molecule has 6 nitrogen and oxygen atoms in total. The molecule has 3 aromatic rings. The van der Waals surface area contributed by atoms with Crippen LogP contribution in [0.2, 0.25) is 0 Å². The average molecular weight is 496 g/mol. The highest BCUT2D eigenvalue weighted by molar-refractivity contribution is 5.99. The molecule has 184 valence electrons. The number of alkyl halides is 6. The first kappa shape index (κ1) is 25.7. The summed E-state index contributed by atoms with van der Waals surface area (Å²) in [5, 5.41) is 0.